The Morgan fingerprint density at radius 3 is 2.32 bits per heavy atom. The second kappa shape index (κ2) is 16.0. The van der Waals surface area contributed by atoms with Crippen molar-refractivity contribution in [2.75, 3.05) is 0 Å². The van der Waals surface area contributed by atoms with Crippen molar-refractivity contribution in [1.29, 1.82) is 0 Å². The zero-order valence-electron chi connectivity index (χ0n) is 34.0. The standard InChI is InChI=1S/C42H71NO4SSi2/c1-29(17-15-19-37(45-31(3)44)39-43-25-26-48-39)35-22-23-36-32(18-16-24-42(35,36)10)20-21-33-27-34(46-49(11,12)40(4,5)6)28-38(30(33)2)47-50(13,14)41(7,8)9/h20-21,25-26,29,34-38H,2,15-19,22-24,27-28H2,1,3-14H3/b32-20+,33-21-/t29-,34-,35-,36+,37?,38+,42-/m1/s1. The molecule has 1 unspecified atom stereocenters. The van der Waals surface area contributed by atoms with Crippen LogP contribution in [0.5, 0.6) is 0 Å². The highest BCUT2D eigenvalue weighted by Gasteiger charge is 2.51. The van der Waals surface area contributed by atoms with Crippen molar-refractivity contribution in [3.63, 3.8) is 0 Å². The molecular weight excluding hydrogens is 671 g/mol. The minimum atomic E-state index is -2.00. The normalized spacial score (nSPS) is 29.7. The number of ether oxygens (including phenoxy) is 1. The number of carbonyl (C=O) groups excluding carboxylic acids is 1. The molecule has 0 N–H and O–H groups in total. The van der Waals surface area contributed by atoms with E-state index in [4.69, 9.17) is 20.2 Å². The molecule has 8 heteroatoms. The van der Waals surface area contributed by atoms with Crippen LogP contribution in [-0.4, -0.2) is 39.8 Å². The highest BCUT2D eigenvalue weighted by molar-refractivity contribution is 7.09. The molecule has 0 bridgehead atoms. The maximum Gasteiger partial charge on any atom is 0.303 e. The molecule has 0 spiro atoms. The Kier molecular flexibility index (Phi) is 13.2. The molecule has 5 nitrogen and oxygen atoms in total. The van der Waals surface area contributed by atoms with Gasteiger partial charge in [-0.05, 0) is 122 Å². The summed E-state index contributed by atoms with van der Waals surface area (Å²) in [4.78, 5) is 16.2. The van der Waals surface area contributed by atoms with Crippen molar-refractivity contribution >= 4 is 33.9 Å². The van der Waals surface area contributed by atoms with E-state index in [2.05, 4.69) is 98.7 Å². The van der Waals surface area contributed by atoms with Gasteiger partial charge in [-0.2, -0.15) is 0 Å². The summed E-state index contributed by atoms with van der Waals surface area (Å²) in [6.07, 6.45) is 17.9. The van der Waals surface area contributed by atoms with Crippen molar-refractivity contribution in [1.82, 2.24) is 4.98 Å². The molecule has 4 rings (SSSR count). The van der Waals surface area contributed by atoms with Crippen LogP contribution in [-0.2, 0) is 18.4 Å². The van der Waals surface area contributed by atoms with E-state index in [0.717, 1.165) is 37.1 Å². The lowest BCUT2D eigenvalue weighted by atomic mass is 9.60. The van der Waals surface area contributed by atoms with Crippen LogP contribution >= 0.6 is 11.3 Å². The highest BCUT2D eigenvalue weighted by atomic mass is 32.1. The van der Waals surface area contributed by atoms with Crippen molar-refractivity contribution in [3.8, 4) is 0 Å². The van der Waals surface area contributed by atoms with E-state index < -0.39 is 16.6 Å². The average molecular weight is 742 g/mol. The topological polar surface area (TPSA) is 57.7 Å². The zero-order chi connectivity index (χ0) is 37.3. The van der Waals surface area contributed by atoms with Gasteiger partial charge in [0.25, 0.3) is 0 Å². The molecule has 282 valence electrons. The number of fused-ring (bicyclic) bond motifs is 1. The van der Waals surface area contributed by atoms with Crippen LogP contribution in [0.25, 0.3) is 0 Å². The number of carbonyl (C=O) groups is 1. The first-order chi connectivity index (χ1) is 23.1. The Bertz CT molecular complexity index is 1380. The van der Waals surface area contributed by atoms with Crippen LogP contribution in [0.2, 0.25) is 36.3 Å². The van der Waals surface area contributed by atoms with Gasteiger partial charge < -0.3 is 13.6 Å². The van der Waals surface area contributed by atoms with Crippen LogP contribution < -0.4 is 0 Å². The summed E-state index contributed by atoms with van der Waals surface area (Å²) >= 11 is 1.58. The second-order valence-electron chi connectivity index (χ2n) is 19.2. The second-order valence-corrected chi connectivity index (χ2v) is 29.7. The lowest BCUT2D eigenvalue weighted by Crippen LogP contribution is -2.49. The van der Waals surface area contributed by atoms with E-state index >= 15 is 0 Å². The molecule has 0 radical (unpaired) electrons. The van der Waals surface area contributed by atoms with Gasteiger partial charge in [0, 0.05) is 24.9 Å². The number of hydrogen-bond acceptors (Lipinski definition) is 6. The third kappa shape index (κ3) is 9.61. The van der Waals surface area contributed by atoms with Gasteiger partial charge in [0.05, 0.1) is 12.2 Å². The first kappa shape index (κ1) is 41.4. The van der Waals surface area contributed by atoms with Crippen LogP contribution in [0.15, 0.2) is 47.0 Å². The summed E-state index contributed by atoms with van der Waals surface area (Å²) in [7, 11) is -3.95. The quantitative estimate of drug-likeness (QED) is 0.158. The molecule has 1 heterocycles. The first-order valence-electron chi connectivity index (χ1n) is 19.6. The monoisotopic (exact) mass is 741 g/mol. The molecular formula is C42H71NO4SSi2. The van der Waals surface area contributed by atoms with Gasteiger partial charge in [-0.15, -0.1) is 11.3 Å². The summed E-state index contributed by atoms with van der Waals surface area (Å²) in [5.74, 6) is 1.76. The molecule has 3 fully saturated rings. The van der Waals surface area contributed by atoms with E-state index in [1.807, 2.05) is 5.38 Å². The van der Waals surface area contributed by atoms with Gasteiger partial charge in [0.15, 0.2) is 22.7 Å². The molecule has 7 atom stereocenters. The molecule has 50 heavy (non-hydrogen) atoms. The van der Waals surface area contributed by atoms with Gasteiger partial charge in [-0.25, -0.2) is 4.98 Å². The minimum Gasteiger partial charge on any atom is -0.455 e. The Morgan fingerprint density at radius 1 is 1.06 bits per heavy atom. The largest absolute Gasteiger partial charge is 0.455 e. The van der Waals surface area contributed by atoms with Crippen molar-refractivity contribution in [2.24, 2.45) is 23.2 Å². The zero-order valence-corrected chi connectivity index (χ0v) is 36.9. The molecule has 0 aliphatic heterocycles. The smallest absolute Gasteiger partial charge is 0.303 e. The van der Waals surface area contributed by atoms with E-state index in [0.29, 0.717) is 23.2 Å². The number of hydrogen-bond donors (Lipinski definition) is 0. The summed E-state index contributed by atoms with van der Waals surface area (Å²) in [6, 6.07) is 0. The van der Waals surface area contributed by atoms with E-state index in [1.165, 1.54) is 50.2 Å². The maximum absolute atomic E-state index is 11.8. The van der Waals surface area contributed by atoms with Crippen LogP contribution in [0.4, 0.5) is 0 Å². The molecule has 0 saturated heterocycles. The van der Waals surface area contributed by atoms with Crippen molar-refractivity contribution in [2.45, 2.75) is 181 Å². The van der Waals surface area contributed by atoms with Crippen molar-refractivity contribution in [3.05, 3.63) is 52.0 Å². The van der Waals surface area contributed by atoms with Crippen LogP contribution in [0, 0.1) is 23.2 Å². The predicted molar refractivity (Wildman–Crippen MR) is 216 cm³/mol. The van der Waals surface area contributed by atoms with Crippen LogP contribution in [0.3, 0.4) is 0 Å². The number of rotatable bonds is 12. The lowest BCUT2D eigenvalue weighted by molar-refractivity contribution is -0.147. The Hall–Kier alpha value is -1.33. The minimum absolute atomic E-state index is 0.00781. The lowest BCUT2D eigenvalue weighted by Gasteiger charge is -2.46. The van der Waals surface area contributed by atoms with Crippen molar-refractivity contribution < 1.29 is 18.4 Å². The van der Waals surface area contributed by atoms with Gasteiger partial charge in [0.2, 0.25) is 0 Å². The first-order valence-corrected chi connectivity index (χ1v) is 26.3. The fourth-order valence-corrected chi connectivity index (χ4v) is 12.0. The van der Waals surface area contributed by atoms with Crippen LogP contribution in [0.1, 0.15) is 138 Å². The molecule has 3 saturated carbocycles. The molecule has 1 aromatic rings. The third-order valence-corrected chi connectivity index (χ3v) is 23.5. The van der Waals surface area contributed by atoms with Gasteiger partial charge in [-0.1, -0.05) is 86.1 Å². The fraction of sp³-hybridized carbons (Fsp3) is 0.762. The third-order valence-electron chi connectivity index (χ3n) is 13.6. The van der Waals surface area contributed by atoms with Gasteiger partial charge >= 0.3 is 5.97 Å². The summed E-state index contributed by atoms with van der Waals surface area (Å²) in [5, 5.41) is 3.18. The Labute approximate surface area is 312 Å². The summed E-state index contributed by atoms with van der Waals surface area (Å²) in [6.45, 7) is 34.7. The molecule has 0 aromatic carbocycles. The predicted octanol–water partition coefficient (Wildman–Crippen LogP) is 12.8. The molecule has 0 amide bonds. The SMILES string of the molecule is C=C1/C(=C\C=C2/CCC[C@]3(C)[C@@H]([C@H](C)CCCC(OC(C)=O)c4nccs4)CC[C@@H]23)C[C@@H](O[Si](C)(C)C(C)(C)C)C[C@@H]1O[Si](C)(C)C(C)(C)C. The summed E-state index contributed by atoms with van der Waals surface area (Å²) in [5.41, 5.74) is 4.47. The number of nitrogens with zero attached hydrogens (tertiary/aromatic N) is 1. The Balaban J connectivity index is 1.51. The number of aromatic nitrogens is 1. The molecule has 1 aromatic heterocycles. The van der Waals surface area contributed by atoms with Gasteiger partial charge in [0.1, 0.15) is 5.01 Å². The highest BCUT2D eigenvalue weighted by Crippen LogP contribution is 2.60. The number of esters is 1. The average Bonchev–Trinajstić information content (AvgIpc) is 3.64. The molecule has 3 aliphatic rings. The number of thiazole rings is 1. The van der Waals surface area contributed by atoms with E-state index in [-0.39, 0.29) is 34.4 Å². The van der Waals surface area contributed by atoms with Gasteiger partial charge in [-0.3, -0.25) is 4.79 Å². The summed E-state index contributed by atoms with van der Waals surface area (Å²) < 4.78 is 19.9. The molecule has 3 aliphatic carbocycles. The fourth-order valence-electron chi connectivity index (χ4n) is 8.63. The van der Waals surface area contributed by atoms with E-state index in [1.54, 1.807) is 23.1 Å². The van der Waals surface area contributed by atoms with E-state index in [9.17, 15) is 4.79 Å². The Morgan fingerprint density at radius 2 is 1.72 bits per heavy atom. The number of allylic oxidation sites excluding steroid dienone is 3. The maximum atomic E-state index is 11.8.